The Labute approximate surface area is 147 Å². The highest BCUT2D eigenvalue weighted by molar-refractivity contribution is 5.77. The Morgan fingerprint density at radius 1 is 1.20 bits per heavy atom. The number of halogens is 1. The molecule has 6 heteroatoms. The Balaban J connectivity index is 2.43. The SMILES string of the molecule is CC(C)(C)OC(=O)N1[C@H](c2cccc(F)c2)CC[C@@H]1C(C)(C)C(=O)O. The first-order chi connectivity index (χ1) is 11.4. The van der Waals surface area contributed by atoms with E-state index in [0.717, 1.165) is 0 Å². The van der Waals surface area contributed by atoms with Gasteiger partial charge in [-0.05, 0) is 65.2 Å². The molecule has 5 nitrogen and oxygen atoms in total. The lowest BCUT2D eigenvalue weighted by Crippen LogP contribution is -2.50. The third-order valence-electron chi connectivity index (χ3n) is 4.61. The largest absolute Gasteiger partial charge is 0.481 e. The molecule has 1 aliphatic heterocycles. The Bertz CT molecular complexity index is 666. The van der Waals surface area contributed by atoms with Crippen molar-refractivity contribution in [1.82, 2.24) is 4.90 Å². The predicted octanol–water partition coefficient (Wildman–Crippen LogP) is 4.38. The molecule has 25 heavy (non-hydrogen) atoms. The number of aliphatic carboxylic acids is 1. The van der Waals surface area contributed by atoms with Crippen molar-refractivity contribution in [2.24, 2.45) is 5.41 Å². The zero-order valence-electron chi connectivity index (χ0n) is 15.4. The number of likely N-dealkylation sites (tertiary alicyclic amines) is 1. The number of amides is 1. The molecule has 1 aromatic carbocycles. The van der Waals surface area contributed by atoms with E-state index < -0.39 is 35.2 Å². The number of nitrogens with zero attached hydrogens (tertiary/aromatic N) is 1. The lowest BCUT2D eigenvalue weighted by Gasteiger charge is -2.38. The Kier molecular flexibility index (Phi) is 5.11. The quantitative estimate of drug-likeness (QED) is 0.878. The second-order valence-electron chi connectivity index (χ2n) is 8.08. The van der Waals surface area contributed by atoms with Crippen LogP contribution >= 0.6 is 0 Å². The van der Waals surface area contributed by atoms with Crippen molar-refractivity contribution in [3.8, 4) is 0 Å². The smallest absolute Gasteiger partial charge is 0.411 e. The number of carboxylic acids is 1. The molecule has 2 atom stereocenters. The van der Waals surface area contributed by atoms with E-state index in [-0.39, 0.29) is 5.82 Å². The maximum Gasteiger partial charge on any atom is 0.411 e. The molecular formula is C19H26FNO4. The van der Waals surface area contributed by atoms with Crippen molar-refractivity contribution in [3.05, 3.63) is 35.6 Å². The first-order valence-corrected chi connectivity index (χ1v) is 8.43. The normalized spacial score (nSPS) is 21.3. The van der Waals surface area contributed by atoms with Crippen LogP contribution in [-0.4, -0.2) is 33.7 Å². The summed E-state index contributed by atoms with van der Waals surface area (Å²) in [6.45, 7) is 8.48. The van der Waals surface area contributed by atoms with Crippen LogP contribution in [0.5, 0.6) is 0 Å². The molecule has 0 aliphatic carbocycles. The molecule has 0 aromatic heterocycles. The van der Waals surface area contributed by atoms with Crippen LogP contribution in [0.3, 0.4) is 0 Å². The van der Waals surface area contributed by atoms with Crippen molar-refractivity contribution in [2.45, 2.75) is 65.1 Å². The zero-order valence-corrected chi connectivity index (χ0v) is 15.4. The minimum absolute atomic E-state index is 0.386. The Morgan fingerprint density at radius 2 is 1.84 bits per heavy atom. The predicted molar refractivity (Wildman–Crippen MR) is 91.7 cm³/mol. The summed E-state index contributed by atoms with van der Waals surface area (Å²) < 4.78 is 19.2. The molecular weight excluding hydrogens is 325 g/mol. The monoisotopic (exact) mass is 351 g/mol. The molecule has 1 saturated heterocycles. The first kappa shape index (κ1) is 19.2. The van der Waals surface area contributed by atoms with Gasteiger partial charge >= 0.3 is 12.1 Å². The van der Waals surface area contributed by atoms with E-state index in [4.69, 9.17) is 4.74 Å². The molecule has 1 N–H and O–H groups in total. The number of ether oxygens (including phenoxy) is 1. The van der Waals surface area contributed by atoms with Crippen LogP contribution in [0, 0.1) is 11.2 Å². The third kappa shape index (κ3) is 4.11. The minimum Gasteiger partial charge on any atom is -0.481 e. The number of hydrogen-bond acceptors (Lipinski definition) is 3. The lowest BCUT2D eigenvalue weighted by atomic mass is 9.83. The molecule has 0 bridgehead atoms. The van der Waals surface area contributed by atoms with Gasteiger partial charge in [0.2, 0.25) is 0 Å². The fourth-order valence-electron chi connectivity index (χ4n) is 3.27. The van der Waals surface area contributed by atoms with Gasteiger partial charge in [-0.1, -0.05) is 12.1 Å². The van der Waals surface area contributed by atoms with Gasteiger partial charge in [0.1, 0.15) is 11.4 Å². The summed E-state index contributed by atoms with van der Waals surface area (Å²) >= 11 is 0. The summed E-state index contributed by atoms with van der Waals surface area (Å²) in [6.07, 6.45) is 0.502. The molecule has 1 amide bonds. The second-order valence-corrected chi connectivity index (χ2v) is 8.08. The van der Waals surface area contributed by atoms with Gasteiger partial charge < -0.3 is 9.84 Å². The standard InChI is InChI=1S/C19H26FNO4/c1-18(2,3)25-17(24)21-14(12-7-6-8-13(20)11-12)9-10-15(21)19(4,5)16(22)23/h6-8,11,14-15H,9-10H2,1-5H3,(H,22,23)/t14-,15+/m0/s1. The highest BCUT2D eigenvalue weighted by Crippen LogP contribution is 2.44. The summed E-state index contributed by atoms with van der Waals surface area (Å²) in [6, 6.07) is 5.13. The molecule has 1 aliphatic rings. The first-order valence-electron chi connectivity index (χ1n) is 8.43. The van der Waals surface area contributed by atoms with Crippen molar-refractivity contribution in [3.63, 3.8) is 0 Å². The molecule has 0 spiro atoms. The summed E-state index contributed by atoms with van der Waals surface area (Å²) in [7, 11) is 0. The number of carboxylic acid groups (broad SMARTS) is 1. The van der Waals surface area contributed by atoms with Gasteiger partial charge in [0.05, 0.1) is 17.5 Å². The van der Waals surface area contributed by atoms with Gasteiger partial charge in [-0.2, -0.15) is 0 Å². The summed E-state index contributed by atoms with van der Waals surface area (Å²) in [5.74, 6) is -1.37. The number of hydrogen-bond donors (Lipinski definition) is 1. The molecule has 2 rings (SSSR count). The van der Waals surface area contributed by atoms with Gasteiger partial charge in [-0.25, -0.2) is 9.18 Å². The average molecular weight is 351 g/mol. The van der Waals surface area contributed by atoms with Gasteiger partial charge in [0, 0.05) is 0 Å². The molecule has 1 aromatic rings. The average Bonchev–Trinajstić information content (AvgIpc) is 2.90. The molecule has 0 saturated carbocycles. The fourth-order valence-corrected chi connectivity index (χ4v) is 3.27. The van der Waals surface area contributed by atoms with E-state index in [2.05, 4.69) is 0 Å². The van der Waals surface area contributed by atoms with E-state index >= 15 is 0 Å². The van der Waals surface area contributed by atoms with Crippen LogP contribution in [0.4, 0.5) is 9.18 Å². The second kappa shape index (κ2) is 6.65. The maximum absolute atomic E-state index is 13.7. The molecule has 0 radical (unpaired) electrons. The highest BCUT2D eigenvalue weighted by Gasteiger charge is 2.50. The summed E-state index contributed by atoms with van der Waals surface area (Å²) in [5.41, 5.74) is -1.20. The van der Waals surface area contributed by atoms with E-state index in [1.807, 2.05) is 0 Å². The van der Waals surface area contributed by atoms with Crippen LogP contribution < -0.4 is 0 Å². The van der Waals surface area contributed by atoms with E-state index in [9.17, 15) is 19.1 Å². The van der Waals surface area contributed by atoms with E-state index in [1.165, 1.54) is 17.0 Å². The van der Waals surface area contributed by atoms with Crippen LogP contribution in [0.2, 0.25) is 0 Å². The van der Waals surface area contributed by atoms with E-state index in [1.54, 1.807) is 46.8 Å². The van der Waals surface area contributed by atoms with Crippen LogP contribution in [0.15, 0.2) is 24.3 Å². The molecule has 138 valence electrons. The van der Waals surface area contributed by atoms with E-state index in [0.29, 0.717) is 18.4 Å². The van der Waals surface area contributed by atoms with Crippen LogP contribution in [-0.2, 0) is 9.53 Å². The summed E-state index contributed by atoms with van der Waals surface area (Å²) in [5, 5.41) is 9.60. The number of carbonyl (C=O) groups is 2. The van der Waals surface area contributed by atoms with Gasteiger partial charge in [0.15, 0.2) is 0 Å². The molecule has 1 fully saturated rings. The Hall–Kier alpha value is -2.11. The Morgan fingerprint density at radius 3 is 2.36 bits per heavy atom. The minimum atomic E-state index is -1.14. The molecule has 1 heterocycles. The summed E-state index contributed by atoms with van der Waals surface area (Å²) in [4.78, 5) is 26.0. The van der Waals surface area contributed by atoms with Crippen molar-refractivity contribution < 1.29 is 23.8 Å². The van der Waals surface area contributed by atoms with Gasteiger partial charge in [0.25, 0.3) is 0 Å². The lowest BCUT2D eigenvalue weighted by molar-refractivity contribution is -0.150. The van der Waals surface area contributed by atoms with Gasteiger partial charge in [-0.15, -0.1) is 0 Å². The third-order valence-corrected chi connectivity index (χ3v) is 4.61. The number of carbonyl (C=O) groups excluding carboxylic acids is 1. The number of rotatable bonds is 3. The number of benzene rings is 1. The maximum atomic E-state index is 13.7. The zero-order chi connectivity index (χ0) is 19.0. The topological polar surface area (TPSA) is 66.8 Å². The van der Waals surface area contributed by atoms with Crippen molar-refractivity contribution in [2.75, 3.05) is 0 Å². The van der Waals surface area contributed by atoms with Gasteiger partial charge in [-0.3, -0.25) is 9.69 Å². The van der Waals surface area contributed by atoms with Crippen LogP contribution in [0.25, 0.3) is 0 Å². The molecule has 0 unspecified atom stereocenters. The van der Waals surface area contributed by atoms with Crippen LogP contribution in [0.1, 0.15) is 59.1 Å². The fraction of sp³-hybridized carbons (Fsp3) is 0.579. The van der Waals surface area contributed by atoms with Crippen molar-refractivity contribution in [1.29, 1.82) is 0 Å². The van der Waals surface area contributed by atoms with Crippen molar-refractivity contribution >= 4 is 12.1 Å². The highest BCUT2D eigenvalue weighted by atomic mass is 19.1.